The number of alkyl halides is 3. The molecular formula is C27H24F4N4O4. The molecule has 0 spiro atoms. The molecule has 12 heteroatoms. The van der Waals surface area contributed by atoms with Crippen LogP contribution in [0.3, 0.4) is 0 Å². The van der Waals surface area contributed by atoms with Crippen LogP contribution in [0.25, 0.3) is 11.3 Å². The number of fused-ring (bicyclic) bond motifs is 2. The number of aromatic nitrogens is 1. The van der Waals surface area contributed by atoms with E-state index in [1.807, 2.05) is 4.90 Å². The fraction of sp³-hybridized carbons (Fsp3) is 0.296. The first-order valence-corrected chi connectivity index (χ1v) is 12.2. The van der Waals surface area contributed by atoms with Gasteiger partial charge in [0.1, 0.15) is 5.82 Å². The summed E-state index contributed by atoms with van der Waals surface area (Å²) in [5.41, 5.74) is 1.03. The van der Waals surface area contributed by atoms with Crippen molar-refractivity contribution < 1.29 is 36.6 Å². The molecule has 5 rings (SSSR count). The number of carbonyl (C=O) groups is 2. The zero-order valence-electron chi connectivity index (χ0n) is 20.7. The second-order valence-corrected chi connectivity index (χ2v) is 9.36. The Morgan fingerprint density at radius 2 is 1.95 bits per heavy atom. The van der Waals surface area contributed by atoms with Crippen LogP contribution in [0.4, 0.5) is 28.9 Å². The van der Waals surface area contributed by atoms with Crippen molar-refractivity contribution in [3.63, 3.8) is 0 Å². The summed E-state index contributed by atoms with van der Waals surface area (Å²) in [6.45, 7) is 2.72. The first-order valence-electron chi connectivity index (χ1n) is 12.2. The Balaban J connectivity index is 1.32. The van der Waals surface area contributed by atoms with E-state index in [0.29, 0.717) is 30.1 Å². The Morgan fingerprint density at radius 3 is 2.59 bits per heavy atom. The van der Waals surface area contributed by atoms with E-state index in [1.54, 1.807) is 31.2 Å². The van der Waals surface area contributed by atoms with Crippen LogP contribution in [0, 0.1) is 5.82 Å². The summed E-state index contributed by atoms with van der Waals surface area (Å²) >= 11 is 0. The van der Waals surface area contributed by atoms with Gasteiger partial charge in [-0.3, -0.25) is 19.5 Å². The van der Waals surface area contributed by atoms with Crippen LogP contribution >= 0.6 is 0 Å². The summed E-state index contributed by atoms with van der Waals surface area (Å²) in [7, 11) is 0. The van der Waals surface area contributed by atoms with Crippen LogP contribution in [0.15, 0.2) is 60.8 Å². The molecule has 2 bridgehead atoms. The topological polar surface area (TPSA) is 92.8 Å². The van der Waals surface area contributed by atoms with E-state index in [2.05, 4.69) is 20.4 Å². The number of morpholine rings is 1. The number of nitrogens with zero attached hydrogens (tertiary/aromatic N) is 2. The molecule has 3 atom stereocenters. The number of anilines is 2. The van der Waals surface area contributed by atoms with E-state index in [1.165, 1.54) is 18.3 Å². The number of ether oxygens (including phenoxy) is 2. The minimum atomic E-state index is -5.00. The van der Waals surface area contributed by atoms with E-state index in [4.69, 9.17) is 4.74 Å². The third kappa shape index (κ3) is 6.18. The van der Waals surface area contributed by atoms with E-state index in [0.717, 1.165) is 24.6 Å². The summed E-state index contributed by atoms with van der Waals surface area (Å²) in [6, 6.07) is 11.7. The van der Waals surface area contributed by atoms with Crippen LogP contribution in [0.2, 0.25) is 0 Å². The Labute approximate surface area is 220 Å². The van der Waals surface area contributed by atoms with Gasteiger partial charge in [-0.05, 0) is 55.8 Å². The predicted octanol–water partition coefficient (Wildman–Crippen LogP) is 4.84. The largest absolute Gasteiger partial charge is 0.573 e. The second-order valence-electron chi connectivity index (χ2n) is 9.36. The smallest absolute Gasteiger partial charge is 0.404 e. The lowest BCUT2D eigenvalue weighted by Crippen LogP contribution is -2.48. The molecule has 1 aromatic heterocycles. The lowest BCUT2D eigenvalue weighted by atomic mass is 10.1. The lowest BCUT2D eigenvalue weighted by Gasteiger charge is -2.31. The Bertz CT molecular complexity index is 1380. The molecule has 204 valence electrons. The molecule has 2 N–H and O–H groups in total. The van der Waals surface area contributed by atoms with Gasteiger partial charge in [0.05, 0.1) is 42.0 Å². The molecule has 0 aliphatic carbocycles. The van der Waals surface area contributed by atoms with Gasteiger partial charge in [-0.2, -0.15) is 0 Å². The van der Waals surface area contributed by atoms with Crippen LogP contribution in [0.5, 0.6) is 5.75 Å². The highest BCUT2D eigenvalue weighted by atomic mass is 19.4. The van der Waals surface area contributed by atoms with Crippen molar-refractivity contribution in [3.05, 3.63) is 72.2 Å². The number of likely N-dealkylation sites (tertiary alicyclic amines) is 1. The Morgan fingerprint density at radius 1 is 1.13 bits per heavy atom. The van der Waals surface area contributed by atoms with Crippen molar-refractivity contribution in [2.75, 3.05) is 23.8 Å². The Kier molecular flexibility index (Phi) is 7.23. The third-order valence-corrected chi connectivity index (χ3v) is 6.69. The molecule has 8 nitrogen and oxygen atoms in total. The molecule has 0 unspecified atom stereocenters. The molecule has 3 heterocycles. The number of amides is 2. The summed E-state index contributed by atoms with van der Waals surface area (Å²) in [5, 5.41) is 5.10. The standard InChI is InChI=1S/C27H24F4N4O4/c1-15(35-13-21-11-20(35)14-38-21)25(36)34-23-10-17(5-8-24(23)39-27(29,30)31)26(37)33-19-6-7-22(32-12-19)16-3-2-4-18(28)9-16/h2-10,12,15,20-21H,11,13-14H2,1H3,(H,33,37)(H,34,36)/t15-,20+,21+/m1/s1. The zero-order chi connectivity index (χ0) is 27.7. The number of hydrogen-bond donors (Lipinski definition) is 2. The molecule has 2 aliphatic rings. The van der Waals surface area contributed by atoms with Crippen molar-refractivity contribution >= 4 is 23.2 Å². The molecule has 2 fully saturated rings. The Hall–Kier alpha value is -4.03. The summed E-state index contributed by atoms with van der Waals surface area (Å²) in [5.74, 6) is -2.24. The minimum Gasteiger partial charge on any atom is -0.404 e. The molecule has 2 amide bonds. The van der Waals surface area contributed by atoms with Crippen molar-refractivity contribution in [3.8, 4) is 17.0 Å². The van der Waals surface area contributed by atoms with Gasteiger partial charge in [-0.25, -0.2) is 4.39 Å². The first kappa shape index (κ1) is 26.6. The fourth-order valence-corrected chi connectivity index (χ4v) is 4.76. The summed E-state index contributed by atoms with van der Waals surface area (Å²) in [4.78, 5) is 32.0. The highest BCUT2D eigenvalue weighted by Gasteiger charge is 2.43. The molecular weight excluding hydrogens is 520 g/mol. The van der Waals surface area contributed by atoms with E-state index >= 15 is 0 Å². The van der Waals surface area contributed by atoms with Crippen molar-refractivity contribution in [2.45, 2.75) is 37.9 Å². The first-order chi connectivity index (χ1) is 18.6. The van der Waals surface area contributed by atoms with Crippen LogP contribution < -0.4 is 15.4 Å². The van der Waals surface area contributed by atoms with Crippen molar-refractivity contribution in [1.29, 1.82) is 0 Å². The number of pyridine rings is 1. The fourth-order valence-electron chi connectivity index (χ4n) is 4.76. The van der Waals surface area contributed by atoms with E-state index in [9.17, 15) is 27.2 Å². The normalized spacial score (nSPS) is 19.5. The molecule has 0 saturated carbocycles. The number of halogens is 4. The average Bonchev–Trinajstić information content (AvgIpc) is 3.53. The van der Waals surface area contributed by atoms with Crippen molar-refractivity contribution in [2.24, 2.45) is 0 Å². The van der Waals surface area contributed by atoms with Crippen molar-refractivity contribution in [1.82, 2.24) is 9.88 Å². The number of rotatable bonds is 7. The third-order valence-electron chi connectivity index (χ3n) is 6.69. The maximum Gasteiger partial charge on any atom is 0.573 e. The van der Waals surface area contributed by atoms with Gasteiger partial charge in [-0.15, -0.1) is 13.2 Å². The molecule has 2 aliphatic heterocycles. The SMILES string of the molecule is C[C@H](C(=O)Nc1cc(C(=O)Nc2ccc(-c3cccc(F)c3)nc2)ccc1OC(F)(F)F)N1C[C@@H]2C[C@H]1CO2. The van der Waals surface area contributed by atoms with Gasteiger partial charge in [-0.1, -0.05) is 12.1 Å². The van der Waals surface area contributed by atoms with Gasteiger partial charge in [0, 0.05) is 23.7 Å². The maximum absolute atomic E-state index is 13.5. The second kappa shape index (κ2) is 10.6. The molecule has 2 saturated heterocycles. The quantitative estimate of drug-likeness (QED) is 0.414. The van der Waals surface area contributed by atoms with Gasteiger partial charge in [0.2, 0.25) is 5.91 Å². The summed E-state index contributed by atoms with van der Waals surface area (Å²) in [6.07, 6.45) is -2.79. The average molecular weight is 545 g/mol. The maximum atomic E-state index is 13.5. The van der Waals surface area contributed by atoms with Gasteiger partial charge < -0.3 is 20.1 Å². The van der Waals surface area contributed by atoms with Crippen LogP contribution in [0.1, 0.15) is 23.7 Å². The highest BCUT2D eigenvalue weighted by Crippen LogP contribution is 2.33. The van der Waals surface area contributed by atoms with Gasteiger partial charge in [0.25, 0.3) is 5.91 Å². The van der Waals surface area contributed by atoms with E-state index in [-0.39, 0.29) is 23.4 Å². The molecule has 2 aromatic carbocycles. The zero-order valence-corrected chi connectivity index (χ0v) is 20.7. The molecule has 3 aromatic rings. The number of hydrogen-bond acceptors (Lipinski definition) is 6. The van der Waals surface area contributed by atoms with Gasteiger partial charge in [0.15, 0.2) is 5.75 Å². The van der Waals surface area contributed by atoms with Crippen LogP contribution in [-0.2, 0) is 9.53 Å². The van der Waals surface area contributed by atoms with E-state index < -0.39 is 35.8 Å². The highest BCUT2D eigenvalue weighted by molar-refractivity contribution is 6.06. The van der Waals surface area contributed by atoms with Gasteiger partial charge >= 0.3 is 6.36 Å². The lowest BCUT2D eigenvalue weighted by molar-refractivity contribution is -0.274. The molecule has 39 heavy (non-hydrogen) atoms. The minimum absolute atomic E-state index is 0.0182. The number of nitrogens with one attached hydrogen (secondary N) is 2. The molecule has 0 radical (unpaired) electrons. The summed E-state index contributed by atoms with van der Waals surface area (Å²) < 4.78 is 62.2. The van der Waals surface area contributed by atoms with Crippen LogP contribution in [-0.4, -0.2) is 59.4 Å². The monoisotopic (exact) mass is 544 g/mol. The number of carbonyl (C=O) groups excluding carboxylic acids is 2. The predicted molar refractivity (Wildman–Crippen MR) is 134 cm³/mol. The number of benzene rings is 2.